The highest BCUT2D eigenvalue weighted by Gasteiger charge is 2.42. The van der Waals surface area contributed by atoms with Gasteiger partial charge in [-0.05, 0) is 48.9 Å². The average Bonchev–Trinajstić information content (AvgIpc) is 2.87. The second kappa shape index (κ2) is 10.7. The summed E-state index contributed by atoms with van der Waals surface area (Å²) in [4.78, 5) is 28.3. The van der Waals surface area contributed by atoms with Gasteiger partial charge >= 0.3 is 0 Å². The lowest BCUT2D eigenvalue weighted by molar-refractivity contribution is -0.133. The molecule has 2 aliphatic heterocycles. The molecule has 2 atom stereocenters. The first-order valence-electron chi connectivity index (χ1n) is 13.1. The summed E-state index contributed by atoms with van der Waals surface area (Å²) in [5.74, 6) is 1.06. The lowest BCUT2D eigenvalue weighted by Crippen LogP contribution is -2.62. The zero-order valence-electron chi connectivity index (χ0n) is 21.8. The first-order chi connectivity index (χ1) is 17.3. The van der Waals surface area contributed by atoms with E-state index in [-0.39, 0.29) is 35.4 Å². The van der Waals surface area contributed by atoms with Crippen LogP contribution in [0.4, 0.5) is 0 Å². The summed E-state index contributed by atoms with van der Waals surface area (Å²) in [5, 5.41) is 15.2. The van der Waals surface area contributed by atoms with Gasteiger partial charge in [-0.25, -0.2) is 0 Å². The molecule has 1 saturated heterocycles. The van der Waals surface area contributed by atoms with Gasteiger partial charge in [0.05, 0.1) is 25.1 Å². The van der Waals surface area contributed by atoms with E-state index in [2.05, 4.69) is 38.3 Å². The quantitative estimate of drug-likeness (QED) is 0.465. The maximum atomic E-state index is 13.4. The molecule has 0 saturated carbocycles. The molecule has 7 nitrogen and oxygen atoms in total. The zero-order chi connectivity index (χ0) is 25.9. The molecule has 1 fully saturated rings. The summed E-state index contributed by atoms with van der Waals surface area (Å²) in [5.41, 5.74) is 2.03. The minimum absolute atomic E-state index is 0.0400. The van der Waals surface area contributed by atoms with Crippen LogP contribution in [0.25, 0.3) is 0 Å². The van der Waals surface area contributed by atoms with E-state index in [0.29, 0.717) is 37.4 Å². The lowest BCUT2D eigenvalue weighted by atomic mass is 9.85. The Morgan fingerprint density at radius 3 is 2.64 bits per heavy atom. The van der Waals surface area contributed by atoms with Gasteiger partial charge in [0.15, 0.2) is 5.96 Å². The monoisotopic (exact) mass is 490 g/mol. The molecule has 2 heterocycles. The van der Waals surface area contributed by atoms with Crippen molar-refractivity contribution in [3.05, 3.63) is 65.2 Å². The number of rotatable bonds is 8. The number of fused-ring (bicyclic) bond motifs is 1. The number of hydrogen-bond donors (Lipinski definition) is 3. The molecule has 0 aromatic heterocycles. The number of carbonyl (C=O) groups is 2. The highest BCUT2D eigenvalue weighted by Crippen LogP contribution is 2.35. The number of nitrogens with zero attached hydrogens (tertiary/aromatic N) is 1. The van der Waals surface area contributed by atoms with Crippen LogP contribution in [0.2, 0.25) is 0 Å². The van der Waals surface area contributed by atoms with Gasteiger partial charge in [0.2, 0.25) is 5.91 Å². The van der Waals surface area contributed by atoms with Gasteiger partial charge in [-0.1, -0.05) is 58.0 Å². The summed E-state index contributed by atoms with van der Waals surface area (Å²) >= 11 is 0. The van der Waals surface area contributed by atoms with Crippen molar-refractivity contribution in [1.29, 1.82) is 5.41 Å². The summed E-state index contributed by atoms with van der Waals surface area (Å²) in [6.45, 7) is 8.89. The molecule has 2 aliphatic rings. The molecule has 4 rings (SSSR count). The minimum Gasteiger partial charge on any atom is -0.493 e. The van der Waals surface area contributed by atoms with Crippen molar-refractivity contribution in [2.45, 2.75) is 77.4 Å². The third-order valence-electron chi connectivity index (χ3n) is 7.54. The van der Waals surface area contributed by atoms with Gasteiger partial charge in [-0.2, -0.15) is 0 Å². The third kappa shape index (κ3) is 5.25. The predicted octanol–water partition coefficient (Wildman–Crippen LogP) is 5.34. The van der Waals surface area contributed by atoms with Gasteiger partial charge in [0.25, 0.3) is 5.91 Å². The van der Waals surface area contributed by atoms with Crippen LogP contribution >= 0.6 is 0 Å². The smallest absolute Gasteiger partial charge is 0.251 e. The third-order valence-corrected chi connectivity index (χ3v) is 7.54. The molecule has 0 bridgehead atoms. The molecule has 192 valence electrons. The minimum atomic E-state index is -0.366. The Labute approximate surface area is 214 Å². The first-order valence-corrected chi connectivity index (χ1v) is 13.1. The van der Waals surface area contributed by atoms with Crippen molar-refractivity contribution in [3.8, 4) is 5.75 Å². The fourth-order valence-corrected chi connectivity index (χ4v) is 5.32. The molecule has 0 radical (unpaired) electrons. The topological polar surface area (TPSA) is 94.5 Å². The maximum absolute atomic E-state index is 13.4. The Bertz CT molecular complexity index is 1110. The molecular weight excluding hydrogens is 452 g/mol. The zero-order valence-corrected chi connectivity index (χ0v) is 21.8. The van der Waals surface area contributed by atoms with Crippen molar-refractivity contribution in [2.75, 3.05) is 6.61 Å². The Morgan fingerprint density at radius 1 is 1.19 bits per heavy atom. The molecular formula is C29H38N4O3. The predicted molar refractivity (Wildman–Crippen MR) is 141 cm³/mol. The molecule has 0 spiro atoms. The SMILES string of the molecule is CCC1(CC)CC(=O)N([C@H](CC(C)C)c2cccc(C(=O)N[C@H]3CCOc4ccccc43)c2)C(=N)N1. The number of guanidine groups is 1. The van der Waals surface area contributed by atoms with Crippen LogP contribution in [0.15, 0.2) is 48.5 Å². The van der Waals surface area contributed by atoms with Gasteiger partial charge in [0, 0.05) is 23.1 Å². The maximum Gasteiger partial charge on any atom is 0.251 e. The van der Waals surface area contributed by atoms with Crippen LogP contribution in [0.5, 0.6) is 5.75 Å². The van der Waals surface area contributed by atoms with E-state index in [1.807, 2.05) is 42.5 Å². The summed E-state index contributed by atoms with van der Waals surface area (Å²) in [6.07, 6.45) is 3.33. The molecule has 0 unspecified atom stereocenters. The van der Waals surface area contributed by atoms with Gasteiger partial charge < -0.3 is 15.4 Å². The average molecular weight is 491 g/mol. The molecule has 2 aromatic rings. The van der Waals surface area contributed by atoms with E-state index in [0.717, 1.165) is 29.7 Å². The van der Waals surface area contributed by atoms with Crippen LogP contribution in [0.3, 0.4) is 0 Å². The molecule has 2 aromatic carbocycles. The normalized spacial score (nSPS) is 19.8. The number of carbonyl (C=O) groups excluding carboxylic acids is 2. The number of benzene rings is 2. The molecule has 2 amide bonds. The lowest BCUT2D eigenvalue weighted by Gasteiger charge is -2.45. The first kappa shape index (κ1) is 25.7. The molecule has 36 heavy (non-hydrogen) atoms. The van der Waals surface area contributed by atoms with Crippen LogP contribution in [-0.2, 0) is 4.79 Å². The largest absolute Gasteiger partial charge is 0.493 e. The Hall–Kier alpha value is -3.35. The van der Waals surface area contributed by atoms with E-state index < -0.39 is 0 Å². The second-order valence-electron chi connectivity index (χ2n) is 10.4. The van der Waals surface area contributed by atoms with Gasteiger partial charge in [-0.3, -0.25) is 19.9 Å². The van der Waals surface area contributed by atoms with Crippen LogP contribution in [0.1, 0.15) is 93.4 Å². The summed E-state index contributed by atoms with van der Waals surface area (Å²) in [6, 6.07) is 14.9. The highest BCUT2D eigenvalue weighted by atomic mass is 16.5. The van der Waals surface area contributed by atoms with Crippen molar-refractivity contribution in [1.82, 2.24) is 15.5 Å². The van der Waals surface area contributed by atoms with Gasteiger partial charge in [-0.15, -0.1) is 0 Å². The van der Waals surface area contributed by atoms with E-state index in [4.69, 9.17) is 10.1 Å². The van der Waals surface area contributed by atoms with E-state index in [9.17, 15) is 9.59 Å². The second-order valence-corrected chi connectivity index (χ2v) is 10.4. The molecule has 0 aliphatic carbocycles. The standard InChI is InChI=1S/C29H38N4O3/c1-5-29(6-2)18-26(34)33(28(30)32-29)24(16-19(3)4)20-10-9-11-21(17-20)27(35)31-23-14-15-36-25-13-8-7-12-22(23)25/h7-13,17,19,23-24H,5-6,14-16,18H2,1-4H3,(H2,30,32)(H,31,35)/t23-,24+/m0/s1. The van der Waals surface area contributed by atoms with Gasteiger partial charge in [0.1, 0.15) is 5.75 Å². The van der Waals surface area contributed by atoms with E-state index in [1.54, 1.807) is 11.0 Å². The number of para-hydroxylation sites is 1. The van der Waals surface area contributed by atoms with Crippen molar-refractivity contribution in [3.63, 3.8) is 0 Å². The molecule has 7 heteroatoms. The fourth-order valence-electron chi connectivity index (χ4n) is 5.32. The van der Waals surface area contributed by atoms with Crippen LogP contribution < -0.4 is 15.4 Å². The highest BCUT2D eigenvalue weighted by molar-refractivity contribution is 6.00. The van der Waals surface area contributed by atoms with E-state index >= 15 is 0 Å². The Kier molecular flexibility index (Phi) is 7.67. The number of hydrogen-bond acceptors (Lipinski definition) is 4. The Morgan fingerprint density at radius 2 is 1.94 bits per heavy atom. The number of ether oxygens (including phenoxy) is 1. The fraction of sp³-hybridized carbons (Fsp3) is 0.483. The molecule has 3 N–H and O–H groups in total. The van der Waals surface area contributed by atoms with Crippen LogP contribution in [-0.4, -0.2) is 34.8 Å². The van der Waals surface area contributed by atoms with E-state index in [1.165, 1.54) is 0 Å². The van der Waals surface area contributed by atoms with Crippen molar-refractivity contribution in [2.24, 2.45) is 5.92 Å². The van der Waals surface area contributed by atoms with Crippen molar-refractivity contribution < 1.29 is 14.3 Å². The summed E-state index contributed by atoms with van der Waals surface area (Å²) in [7, 11) is 0. The Balaban J connectivity index is 1.59. The van der Waals surface area contributed by atoms with Crippen LogP contribution in [0, 0.1) is 11.3 Å². The van der Waals surface area contributed by atoms with Crippen molar-refractivity contribution >= 4 is 17.8 Å². The summed E-state index contributed by atoms with van der Waals surface area (Å²) < 4.78 is 5.73. The number of nitrogens with one attached hydrogen (secondary N) is 3. The number of amides is 2.